The fourth-order valence-corrected chi connectivity index (χ4v) is 1.84. The van der Waals surface area contributed by atoms with Gasteiger partial charge in [0.25, 0.3) is 0 Å². The van der Waals surface area contributed by atoms with Crippen molar-refractivity contribution >= 4 is 21.0 Å². The summed E-state index contributed by atoms with van der Waals surface area (Å²) in [5.41, 5.74) is -2.41. The summed E-state index contributed by atoms with van der Waals surface area (Å²) in [6.07, 6.45) is 0. The SMILES string of the molecule is O=S(=O)([O-])C(F)(F)F.c1ccc(-c2ccc3ccccc3n2)cc1. The number of hydrogen-bond donors (Lipinski definition) is 0. The number of halogens is 3. The molecule has 0 saturated heterocycles. The lowest BCUT2D eigenvalue weighted by Gasteiger charge is -2.08. The van der Waals surface area contributed by atoms with Crippen molar-refractivity contribution in [1.82, 2.24) is 4.98 Å². The highest BCUT2D eigenvalue weighted by Gasteiger charge is 2.36. The Bertz CT molecular complexity index is 926. The van der Waals surface area contributed by atoms with E-state index >= 15 is 0 Å². The van der Waals surface area contributed by atoms with Gasteiger partial charge in [-0.3, -0.25) is 0 Å². The van der Waals surface area contributed by atoms with Crippen LogP contribution in [-0.2, 0) is 10.1 Å². The highest BCUT2D eigenvalue weighted by molar-refractivity contribution is 7.86. The normalized spacial score (nSPS) is 11.7. The summed E-state index contributed by atoms with van der Waals surface area (Å²) in [5, 5.41) is 1.18. The second kappa shape index (κ2) is 6.98. The molecule has 0 N–H and O–H groups in total. The van der Waals surface area contributed by atoms with Gasteiger partial charge in [-0.25, -0.2) is 13.4 Å². The number of fused-ring (bicyclic) bond motifs is 1. The van der Waals surface area contributed by atoms with E-state index in [0.29, 0.717) is 0 Å². The number of rotatable bonds is 1. The second-order valence-corrected chi connectivity index (χ2v) is 6.03. The number of aromatic nitrogens is 1. The van der Waals surface area contributed by atoms with Crippen molar-refractivity contribution in [2.45, 2.75) is 5.51 Å². The predicted octanol–water partition coefficient (Wildman–Crippen LogP) is 3.95. The molecule has 3 rings (SSSR count). The molecule has 1 heterocycles. The zero-order valence-electron chi connectivity index (χ0n) is 12.1. The third kappa shape index (κ3) is 4.53. The van der Waals surface area contributed by atoms with Gasteiger partial charge in [0.1, 0.15) is 0 Å². The fourth-order valence-electron chi connectivity index (χ4n) is 1.84. The van der Waals surface area contributed by atoms with Crippen LogP contribution >= 0.6 is 0 Å². The largest absolute Gasteiger partial charge is 0.741 e. The molecule has 126 valence electrons. The first-order valence-corrected chi connectivity index (χ1v) is 8.03. The van der Waals surface area contributed by atoms with Gasteiger partial charge < -0.3 is 4.55 Å². The smallest absolute Gasteiger partial charge is 0.485 e. The van der Waals surface area contributed by atoms with Crippen molar-refractivity contribution in [2.24, 2.45) is 0 Å². The van der Waals surface area contributed by atoms with Gasteiger partial charge in [0.2, 0.25) is 0 Å². The van der Waals surface area contributed by atoms with Crippen molar-refractivity contribution in [3.63, 3.8) is 0 Å². The first-order valence-electron chi connectivity index (χ1n) is 6.62. The maximum Gasteiger partial charge on any atom is 0.485 e. The Hall–Kier alpha value is -2.45. The average molecular weight is 354 g/mol. The Labute approximate surface area is 136 Å². The molecule has 0 fully saturated rings. The second-order valence-electron chi connectivity index (χ2n) is 4.66. The van der Waals surface area contributed by atoms with E-state index in [1.54, 1.807) is 0 Å². The molecular weight excluding hydrogens is 343 g/mol. The minimum absolute atomic E-state index is 1.03. The molecule has 0 atom stereocenters. The van der Waals surface area contributed by atoms with Crippen LogP contribution in [0.25, 0.3) is 22.2 Å². The third-order valence-corrected chi connectivity index (χ3v) is 3.52. The van der Waals surface area contributed by atoms with Gasteiger partial charge in [-0.1, -0.05) is 54.6 Å². The van der Waals surface area contributed by atoms with Gasteiger partial charge in [-0.05, 0) is 12.1 Å². The van der Waals surface area contributed by atoms with Crippen LogP contribution in [0, 0.1) is 0 Å². The summed E-state index contributed by atoms with van der Waals surface area (Å²) in [4.78, 5) is 4.65. The highest BCUT2D eigenvalue weighted by atomic mass is 32.2. The first-order chi connectivity index (χ1) is 11.2. The van der Waals surface area contributed by atoms with Crippen LogP contribution in [0.3, 0.4) is 0 Å². The lowest BCUT2D eigenvalue weighted by molar-refractivity contribution is -0.0517. The number of pyridine rings is 1. The summed E-state index contributed by atoms with van der Waals surface area (Å²) >= 11 is 0. The molecule has 0 saturated carbocycles. The molecule has 0 unspecified atom stereocenters. The molecular formula is C16H11F3NO3S-. The summed E-state index contributed by atoms with van der Waals surface area (Å²) in [6.45, 7) is 0. The lowest BCUT2D eigenvalue weighted by Crippen LogP contribution is -2.21. The lowest BCUT2D eigenvalue weighted by atomic mass is 10.1. The van der Waals surface area contributed by atoms with Crippen LogP contribution in [0.1, 0.15) is 0 Å². The van der Waals surface area contributed by atoms with Gasteiger partial charge >= 0.3 is 5.51 Å². The van der Waals surface area contributed by atoms with Crippen molar-refractivity contribution in [2.75, 3.05) is 0 Å². The first kappa shape index (κ1) is 17.9. The van der Waals surface area contributed by atoms with E-state index in [2.05, 4.69) is 35.3 Å². The van der Waals surface area contributed by atoms with E-state index < -0.39 is 15.6 Å². The molecule has 0 aliphatic heterocycles. The molecule has 0 aliphatic carbocycles. The summed E-state index contributed by atoms with van der Waals surface area (Å²) in [7, 11) is -6.09. The number of benzene rings is 2. The molecule has 0 bridgehead atoms. The molecule has 0 amide bonds. The number of hydrogen-bond acceptors (Lipinski definition) is 4. The minimum Gasteiger partial charge on any atom is -0.741 e. The van der Waals surface area contributed by atoms with E-state index in [0.717, 1.165) is 16.8 Å². The summed E-state index contributed by atoms with van der Waals surface area (Å²) in [5.74, 6) is 0. The topological polar surface area (TPSA) is 70.1 Å². The Morgan fingerprint density at radius 3 is 1.96 bits per heavy atom. The van der Waals surface area contributed by atoms with Crippen LogP contribution in [0.5, 0.6) is 0 Å². The Balaban J connectivity index is 0.000000224. The number of nitrogens with zero attached hydrogens (tertiary/aromatic N) is 1. The van der Waals surface area contributed by atoms with Gasteiger partial charge in [0.15, 0.2) is 10.1 Å². The predicted molar refractivity (Wildman–Crippen MR) is 82.9 cm³/mol. The van der Waals surface area contributed by atoms with Crippen molar-refractivity contribution in [1.29, 1.82) is 0 Å². The standard InChI is InChI=1S/C15H11N.CHF3O3S/c1-2-6-12(7-3-1)15-11-10-13-8-4-5-9-14(13)16-15;2-1(3,4)8(5,6)7/h1-11H;(H,5,6,7)/p-1. The zero-order chi connectivity index (χ0) is 17.8. The average Bonchev–Trinajstić information content (AvgIpc) is 2.54. The van der Waals surface area contributed by atoms with E-state index in [9.17, 15) is 13.2 Å². The zero-order valence-corrected chi connectivity index (χ0v) is 12.9. The summed E-state index contributed by atoms with van der Waals surface area (Å²) < 4.78 is 58.9. The van der Waals surface area contributed by atoms with Crippen molar-refractivity contribution < 1.29 is 26.1 Å². The Morgan fingerprint density at radius 2 is 1.38 bits per heavy atom. The van der Waals surface area contributed by atoms with E-state index in [4.69, 9.17) is 13.0 Å². The Morgan fingerprint density at radius 1 is 0.833 bits per heavy atom. The molecule has 8 heteroatoms. The molecule has 0 radical (unpaired) electrons. The molecule has 3 aromatic rings. The van der Waals surface area contributed by atoms with E-state index in [1.165, 1.54) is 5.39 Å². The molecule has 0 aliphatic rings. The van der Waals surface area contributed by atoms with Crippen molar-refractivity contribution in [3.8, 4) is 11.3 Å². The Kier molecular flexibility index (Phi) is 5.20. The van der Waals surface area contributed by atoms with Gasteiger partial charge in [0, 0.05) is 10.9 Å². The van der Waals surface area contributed by atoms with Gasteiger partial charge in [-0.2, -0.15) is 13.2 Å². The van der Waals surface area contributed by atoms with Gasteiger partial charge in [0.05, 0.1) is 11.2 Å². The van der Waals surface area contributed by atoms with E-state index in [1.807, 2.05) is 36.4 Å². The van der Waals surface area contributed by atoms with Crippen LogP contribution in [0.15, 0.2) is 66.7 Å². The van der Waals surface area contributed by atoms with Crippen molar-refractivity contribution in [3.05, 3.63) is 66.7 Å². The molecule has 2 aromatic carbocycles. The molecule has 0 spiro atoms. The molecule has 24 heavy (non-hydrogen) atoms. The summed E-state index contributed by atoms with van der Waals surface area (Å²) in [6, 6.07) is 22.6. The van der Waals surface area contributed by atoms with Crippen LogP contribution in [0.2, 0.25) is 0 Å². The van der Waals surface area contributed by atoms with Crippen LogP contribution < -0.4 is 0 Å². The molecule has 4 nitrogen and oxygen atoms in total. The van der Waals surface area contributed by atoms with Crippen LogP contribution in [-0.4, -0.2) is 23.5 Å². The van der Waals surface area contributed by atoms with E-state index in [-0.39, 0.29) is 0 Å². The molecule has 1 aromatic heterocycles. The highest BCUT2D eigenvalue weighted by Crippen LogP contribution is 2.21. The maximum atomic E-state index is 10.7. The minimum atomic E-state index is -6.09. The van der Waals surface area contributed by atoms with Gasteiger partial charge in [-0.15, -0.1) is 0 Å². The third-order valence-electron chi connectivity index (χ3n) is 2.95. The maximum absolute atomic E-state index is 10.7. The quantitative estimate of drug-likeness (QED) is 0.490. The fraction of sp³-hybridized carbons (Fsp3) is 0.0625. The monoisotopic (exact) mass is 354 g/mol. The number of para-hydroxylation sites is 1. The van der Waals surface area contributed by atoms with Crippen LogP contribution in [0.4, 0.5) is 13.2 Å². The number of alkyl halides is 3.